The molecule has 1 unspecified atom stereocenters. The molecule has 1 N–H and O–H groups in total. The highest BCUT2D eigenvalue weighted by molar-refractivity contribution is 5.84. The van der Waals surface area contributed by atoms with Gasteiger partial charge in [-0.15, -0.1) is 0 Å². The van der Waals surface area contributed by atoms with Gasteiger partial charge in [-0.2, -0.15) is 0 Å². The number of carbonyl (C=O) groups is 2. The number of likely N-dealkylation sites (tertiary alicyclic amines) is 1. The number of amides is 1. The fourth-order valence-corrected chi connectivity index (χ4v) is 3.75. The second kappa shape index (κ2) is 8.34. The van der Waals surface area contributed by atoms with E-state index < -0.39 is 12.0 Å². The zero-order valence-corrected chi connectivity index (χ0v) is 14.6. The Balaban J connectivity index is 1.45. The van der Waals surface area contributed by atoms with Crippen LogP contribution in [0, 0.1) is 0 Å². The molecule has 3 rings (SSSR count). The smallest absolute Gasteiger partial charge is 0.326 e. The number of aliphatic carboxylic acids is 1. The van der Waals surface area contributed by atoms with E-state index in [1.54, 1.807) is 4.90 Å². The highest BCUT2D eigenvalue weighted by Crippen LogP contribution is 2.19. The standard InChI is InChI=1S/C19H27N3O3/c23-18(22-10-5-4-8-17(22)19(24)25)9-11-20-12-14-21(15-13-20)16-6-2-1-3-7-16/h1-3,6-7,17H,4-5,8-15H2,(H,24,25). The van der Waals surface area contributed by atoms with Gasteiger partial charge in [0.1, 0.15) is 6.04 Å². The highest BCUT2D eigenvalue weighted by Gasteiger charge is 2.31. The summed E-state index contributed by atoms with van der Waals surface area (Å²) < 4.78 is 0. The number of carboxylic acid groups (broad SMARTS) is 1. The van der Waals surface area contributed by atoms with Crippen molar-refractivity contribution in [1.82, 2.24) is 9.80 Å². The first-order chi connectivity index (χ1) is 12.1. The molecular weight excluding hydrogens is 318 g/mol. The molecule has 136 valence electrons. The van der Waals surface area contributed by atoms with Crippen molar-refractivity contribution >= 4 is 17.6 Å². The Hall–Kier alpha value is -2.08. The molecule has 2 aliphatic rings. The topological polar surface area (TPSA) is 64.1 Å². The summed E-state index contributed by atoms with van der Waals surface area (Å²) in [5.74, 6) is -0.887. The molecule has 2 saturated heterocycles. The summed E-state index contributed by atoms with van der Waals surface area (Å²) in [6, 6.07) is 9.76. The molecule has 25 heavy (non-hydrogen) atoms. The first kappa shape index (κ1) is 17.7. The quantitative estimate of drug-likeness (QED) is 0.879. The minimum atomic E-state index is -0.871. The zero-order valence-electron chi connectivity index (χ0n) is 14.6. The number of rotatable bonds is 5. The van der Waals surface area contributed by atoms with Crippen molar-refractivity contribution in [2.75, 3.05) is 44.2 Å². The third-order valence-corrected chi connectivity index (χ3v) is 5.24. The van der Waals surface area contributed by atoms with E-state index in [-0.39, 0.29) is 5.91 Å². The molecule has 1 aromatic carbocycles. The number of anilines is 1. The van der Waals surface area contributed by atoms with Crippen molar-refractivity contribution < 1.29 is 14.7 Å². The molecule has 0 radical (unpaired) electrons. The van der Waals surface area contributed by atoms with E-state index in [4.69, 9.17) is 0 Å². The van der Waals surface area contributed by atoms with Gasteiger partial charge in [-0.05, 0) is 31.4 Å². The molecular formula is C19H27N3O3. The second-order valence-electron chi connectivity index (χ2n) is 6.85. The van der Waals surface area contributed by atoms with E-state index in [0.717, 1.165) is 39.0 Å². The Morgan fingerprint density at radius 3 is 2.40 bits per heavy atom. The van der Waals surface area contributed by atoms with Crippen molar-refractivity contribution in [3.05, 3.63) is 30.3 Å². The predicted molar refractivity (Wildman–Crippen MR) is 96.7 cm³/mol. The van der Waals surface area contributed by atoms with E-state index in [1.165, 1.54) is 5.69 Å². The normalized spacial score (nSPS) is 22.0. The number of piperidine rings is 1. The fraction of sp³-hybridized carbons (Fsp3) is 0.579. The van der Waals surface area contributed by atoms with Gasteiger partial charge in [0, 0.05) is 51.4 Å². The van der Waals surface area contributed by atoms with Crippen molar-refractivity contribution in [3.8, 4) is 0 Å². The van der Waals surface area contributed by atoms with E-state index in [0.29, 0.717) is 25.9 Å². The van der Waals surface area contributed by atoms with E-state index in [2.05, 4.69) is 34.1 Å². The van der Waals surface area contributed by atoms with Crippen molar-refractivity contribution in [2.24, 2.45) is 0 Å². The Morgan fingerprint density at radius 2 is 1.72 bits per heavy atom. The third kappa shape index (κ3) is 4.51. The summed E-state index contributed by atoms with van der Waals surface area (Å²) in [5.41, 5.74) is 1.25. The maximum Gasteiger partial charge on any atom is 0.326 e. The molecule has 0 aliphatic carbocycles. The average molecular weight is 345 g/mol. The van der Waals surface area contributed by atoms with Crippen LogP contribution in [0.1, 0.15) is 25.7 Å². The molecule has 2 heterocycles. The molecule has 2 fully saturated rings. The van der Waals surface area contributed by atoms with Crippen LogP contribution < -0.4 is 4.90 Å². The lowest BCUT2D eigenvalue weighted by Crippen LogP contribution is -2.50. The van der Waals surface area contributed by atoms with Gasteiger partial charge in [-0.3, -0.25) is 9.69 Å². The first-order valence-electron chi connectivity index (χ1n) is 9.20. The summed E-state index contributed by atoms with van der Waals surface area (Å²) in [6.45, 7) is 5.08. The van der Waals surface area contributed by atoms with Gasteiger partial charge in [-0.1, -0.05) is 18.2 Å². The zero-order chi connectivity index (χ0) is 17.6. The van der Waals surface area contributed by atoms with Gasteiger partial charge in [0.15, 0.2) is 0 Å². The van der Waals surface area contributed by atoms with Crippen LogP contribution in [0.3, 0.4) is 0 Å². The molecule has 2 aliphatic heterocycles. The van der Waals surface area contributed by atoms with Crippen molar-refractivity contribution in [2.45, 2.75) is 31.7 Å². The third-order valence-electron chi connectivity index (χ3n) is 5.24. The molecule has 0 aromatic heterocycles. The van der Waals surface area contributed by atoms with Gasteiger partial charge >= 0.3 is 5.97 Å². The molecule has 0 saturated carbocycles. The molecule has 1 amide bonds. The van der Waals surface area contributed by atoms with E-state index >= 15 is 0 Å². The van der Waals surface area contributed by atoms with Gasteiger partial charge in [-0.25, -0.2) is 4.79 Å². The summed E-state index contributed by atoms with van der Waals surface area (Å²) in [7, 11) is 0. The Kier molecular flexibility index (Phi) is 5.91. The van der Waals surface area contributed by atoms with Crippen LogP contribution in [0.4, 0.5) is 5.69 Å². The lowest BCUT2D eigenvalue weighted by molar-refractivity contribution is -0.152. The van der Waals surface area contributed by atoms with Crippen molar-refractivity contribution in [3.63, 3.8) is 0 Å². The lowest BCUT2D eigenvalue weighted by atomic mass is 10.0. The number of benzene rings is 1. The van der Waals surface area contributed by atoms with E-state index in [1.807, 2.05) is 6.07 Å². The Morgan fingerprint density at radius 1 is 1.00 bits per heavy atom. The number of hydrogen-bond acceptors (Lipinski definition) is 4. The van der Waals surface area contributed by atoms with Crippen LogP contribution >= 0.6 is 0 Å². The fourth-order valence-electron chi connectivity index (χ4n) is 3.75. The maximum absolute atomic E-state index is 12.5. The number of nitrogens with zero attached hydrogens (tertiary/aromatic N) is 3. The van der Waals surface area contributed by atoms with Crippen LogP contribution in [0.25, 0.3) is 0 Å². The summed E-state index contributed by atoms with van der Waals surface area (Å²) in [4.78, 5) is 30.0. The number of piperazine rings is 1. The van der Waals surface area contributed by atoms with Crippen LogP contribution in [-0.4, -0.2) is 72.1 Å². The predicted octanol–water partition coefficient (Wildman–Crippen LogP) is 1.66. The number of carbonyl (C=O) groups excluding carboxylic acids is 1. The van der Waals surface area contributed by atoms with Gasteiger partial charge in [0.2, 0.25) is 5.91 Å². The summed E-state index contributed by atoms with van der Waals surface area (Å²) in [6.07, 6.45) is 2.79. The highest BCUT2D eigenvalue weighted by atomic mass is 16.4. The monoisotopic (exact) mass is 345 g/mol. The SMILES string of the molecule is O=C(O)C1CCCCN1C(=O)CCN1CCN(c2ccccc2)CC1. The Bertz CT molecular complexity index is 585. The largest absolute Gasteiger partial charge is 0.480 e. The van der Waals surface area contributed by atoms with Crippen LogP contribution in [0.2, 0.25) is 0 Å². The van der Waals surface area contributed by atoms with Crippen LogP contribution in [0.5, 0.6) is 0 Å². The van der Waals surface area contributed by atoms with Crippen LogP contribution in [0.15, 0.2) is 30.3 Å². The summed E-state index contributed by atoms with van der Waals surface area (Å²) in [5, 5.41) is 9.30. The van der Waals surface area contributed by atoms with Gasteiger partial charge in [0.25, 0.3) is 0 Å². The minimum Gasteiger partial charge on any atom is -0.480 e. The average Bonchev–Trinajstić information content (AvgIpc) is 2.67. The molecule has 1 atom stereocenters. The molecule has 6 heteroatoms. The maximum atomic E-state index is 12.5. The first-order valence-corrected chi connectivity index (χ1v) is 9.20. The number of hydrogen-bond donors (Lipinski definition) is 1. The Labute approximate surface area is 149 Å². The van der Waals surface area contributed by atoms with Crippen molar-refractivity contribution in [1.29, 1.82) is 0 Å². The number of carboxylic acids is 1. The van der Waals surface area contributed by atoms with Crippen LogP contribution in [-0.2, 0) is 9.59 Å². The lowest BCUT2D eigenvalue weighted by Gasteiger charge is -2.37. The van der Waals surface area contributed by atoms with E-state index in [9.17, 15) is 14.7 Å². The van der Waals surface area contributed by atoms with Gasteiger partial charge < -0.3 is 14.9 Å². The van der Waals surface area contributed by atoms with Gasteiger partial charge in [0.05, 0.1) is 0 Å². The molecule has 0 spiro atoms. The molecule has 0 bridgehead atoms. The summed E-state index contributed by atoms with van der Waals surface area (Å²) >= 11 is 0. The molecule has 1 aromatic rings. The number of para-hydroxylation sites is 1. The minimum absolute atomic E-state index is 0.0161. The second-order valence-corrected chi connectivity index (χ2v) is 6.85. The molecule has 6 nitrogen and oxygen atoms in total.